The fraction of sp³-hybridized carbons (Fsp3) is 0.250. The average molecular weight is 422 g/mol. The van der Waals surface area contributed by atoms with E-state index in [0.717, 1.165) is 12.0 Å². The fourth-order valence-electron chi connectivity index (χ4n) is 2.99. The van der Waals surface area contributed by atoms with Crippen LogP contribution < -0.4 is 0 Å². The van der Waals surface area contributed by atoms with Gasteiger partial charge in [-0.2, -0.15) is 4.31 Å². The van der Waals surface area contributed by atoms with Crippen molar-refractivity contribution in [3.63, 3.8) is 0 Å². The molecule has 0 aromatic heterocycles. The summed E-state index contributed by atoms with van der Waals surface area (Å²) in [4.78, 5) is 12.9. The Balaban J connectivity index is 2.00. The van der Waals surface area contributed by atoms with Gasteiger partial charge in [0, 0.05) is 22.9 Å². The minimum atomic E-state index is -3.78. The Labute approximate surface area is 169 Å². The van der Waals surface area contributed by atoms with Crippen LogP contribution in [0.4, 0.5) is 0 Å². The van der Waals surface area contributed by atoms with Crippen molar-refractivity contribution < 1.29 is 13.2 Å². The molecular formula is C20H20ClNO3S2. The molecule has 1 atom stereocenters. The van der Waals surface area contributed by atoms with Crippen molar-refractivity contribution in [2.45, 2.75) is 24.3 Å². The lowest BCUT2D eigenvalue weighted by Gasteiger charge is -2.26. The van der Waals surface area contributed by atoms with Crippen LogP contribution in [0.2, 0.25) is 5.02 Å². The zero-order chi connectivity index (χ0) is 19.4. The van der Waals surface area contributed by atoms with E-state index < -0.39 is 16.1 Å². The summed E-state index contributed by atoms with van der Waals surface area (Å²) >= 11 is 7.13. The van der Waals surface area contributed by atoms with Gasteiger partial charge in [-0.3, -0.25) is 4.79 Å². The maximum absolute atomic E-state index is 13.2. The maximum atomic E-state index is 13.2. The third kappa shape index (κ3) is 4.29. The maximum Gasteiger partial charge on any atom is 0.244 e. The largest absolute Gasteiger partial charge is 0.282 e. The Kier molecular flexibility index (Phi) is 6.42. The van der Waals surface area contributed by atoms with Crippen LogP contribution in [0, 0.1) is 0 Å². The topological polar surface area (TPSA) is 54.5 Å². The van der Waals surface area contributed by atoms with Crippen LogP contribution >= 0.6 is 23.4 Å². The highest BCUT2D eigenvalue weighted by Crippen LogP contribution is 2.39. The van der Waals surface area contributed by atoms with E-state index >= 15 is 0 Å². The van der Waals surface area contributed by atoms with Gasteiger partial charge in [0.2, 0.25) is 15.1 Å². The van der Waals surface area contributed by atoms with Gasteiger partial charge in [0.1, 0.15) is 0 Å². The molecular weight excluding hydrogens is 402 g/mol. The molecule has 27 heavy (non-hydrogen) atoms. The Hall–Kier alpha value is -1.60. The van der Waals surface area contributed by atoms with E-state index in [-0.39, 0.29) is 16.6 Å². The van der Waals surface area contributed by atoms with Crippen LogP contribution in [0.3, 0.4) is 0 Å². The van der Waals surface area contributed by atoms with Crippen molar-refractivity contribution in [1.29, 1.82) is 0 Å². The molecule has 1 aliphatic heterocycles. The van der Waals surface area contributed by atoms with Crippen molar-refractivity contribution in [2.24, 2.45) is 0 Å². The first kappa shape index (κ1) is 20.1. The summed E-state index contributed by atoms with van der Waals surface area (Å²) in [6, 6.07) is 14.7. The third-order valence-electron chi connectivity index (χ3n) is 4.28. The summed E-state index contributed by atoms with van der Waals surface area (Å²) in [5, 5.41) is 0.402. The molecule has 142 valence electrons. The highest BCUT2D eigenvalue weighted by Gasteiger charge is 2.40. The molecule has 4 nitrogen and oxygen atoms in total. The number of rotatable bonds is 6. The van der Waals surface area contributed by atoms with E-state index in [1.165, 1.54) is 28.2 Å². The SMILES string of the molecule is CCCSC(=O)C1=CCN(S(=O)(=O)c2ccc(Cl)cc2)[C@H]1c1ccccc1. The number of hydrogen-bond acceptors (Lipinski definition) is 4. The van der Waals surface area contributed by atoms with Crippen LogP contribution in [0.5, 0.6) is 0 Å². The van der Waals surface area contributed by atoms with Crippen LogP contribution in [-0.2, 0) is 14.8 Å². The lowest BCUT2D eigenvalue weighted by Crippen LogP contribution is -2.33. The Morgan fingerprint density at radius 2 is 1.81 bits per heavy atom. The second kappa shape index (κ2) is 8.61. The molecule has 0 radical (unpaired) electrons. The first-order valence-corrected chi connectivity index (χ1v) is 11.4. The van der Waals surface area contributed by atoms with E-state index in [1.807, 2.05) is 37.3 Å². The summed E-state index contributed by atoms with van der Waals surface area (Å²) < 4.78 is 27.9. The Bertz CT molecular complexity index is 941. The molecule has 0 fully saturated rings. The molecule has 2 aromatic rings. The number of nitrogens with zero attached hydrogens (tertiary/aromatic N) is 1. The van der Waals surface area contributed by atoms with Gasteiger partial charge < -0.3 is 0 Å². The minimum Gasteiger partial charge on any atom is -0.282 e. The molecule has 0 unspecified atom stereocenters. The molecule has 0 aliphatic carbocycles. The summed E-state index contributed by atoms with van der Waals surface area (Å²) in [6.07, 6.45) is 2.61. The first-order valence-electron chi connectivity index (χ1n) is 8.64. The molecule has 3 rings (SSSR count). The summed E-state index contributed by atoms with van der Waals surface area (Å²) in [5.41, 5.74) is 1.31. The predicted octanol–water partition coefficient (Wildman–Crippen LogP) is 4.68. The monoisotopic (exact) mass is 421 g/mol. The number of carbonyl (C=O) groups is 1. The number of carbonyl (C=O) groups excluding carboxylic acids is 1. The summed E-state index contributed by atoms with van der Waals surface area (Å²) in [6.45, 7) is 2.17. The Morgan fingerprint density at radius 1 is 1.15 bits per heavy atom. The number of sulfonamides is 1. The number of thioether (sulfide) groups is 1. The van der Waals surface area contributed by atoms with Gasteiger partial charge in [-0.05, 0) is 36.2 Å². The number of benzene rings is 2. The zero-order valence-corrected chi connectivity index (χ0v) is 17.2. The van der Waals surface area contributed by atoms with Gasteiger partial charge in [0.05, 0.1) is 10.9 Å². The van der Waals surface area contributed by atoms with Crippen LogP contribution in [-0.4, -0.2) is 30.1 Å². The van der Waals surface area contributed by atoms with Crippen molar-refractivity contribution in [2.75, 3.05) is 12.3 Å². The number of halogens is 1. The first-order chi connectivity index (χ1) is 12.9. The van der Waals surface area contributed by atoms with E-state index in [1.54, 1.807) is 18.2 Å². The zero-order valence-electron chi connectivity index (χ0n) is 14.8. The van der Waals surface area contributed by atoms with Crippen molar-refractivity contribution in [1.82, 2.24) is 4.31 Å². The van der Waals surface area contributed by atoms with Crippen LogP contribution in [0.1, 0.15) is 24.9 Å². The van der Waals surface area contributed by atoms with Gasteiger partial charge in [-0.1, -0.05) is 66.7 Å². The standard InChI is InChI=1S/C20H20ClNO3S2/c1-2-14-26-20(23)18-12-13-22(19(18)15-6-4-3-5-7-15)27(24,25)17-10-8-16(21)9-11-17/h3-12,19H,2,13-14H2,1H3/t19-/m0/s1. The predicted molar refractivity (Wildman–Crippen MR) is 110 cm³/mol. The van der Waals surface area contributed by atoms with Gasteiger partial charge in [-0.15, -0.1) is 0 Å². The van der Waals surface area contributed by atoms with E-state index in [2.05, 4.69) is 0 Å². The minimum absolute atomic E-state index is 0.0699. The normalized spacial score (nSPS) is 17.7. The van der Waals surface area contributed by atoms with Crippen molar-refractivity contribution in [3.8, 4) is 0 Å². The van der Waals surface area contributed by atoms with Gasteiger partial charge in [0.25, 0.3) is 0 Å². The molecule has 0 spiro atoms. The molecule has 0 saturated heterocycles. The second-order valence-electron chi connectivity index (χ2n) is 6.14. The second-order valence-corrected chi connectivity index (χ2v) is 9.53. The molecule has 1 aliphatic rings. The van der Waals surface area contributed by atoms with Crippen molar-refractivity contribution in [3.05, 3.63) is 76.8 Å². The number of hydrogen-bond donors (Lipinski definition) is 0. The smallest absolute Gasteiger partial charge is 0.244 e. The Morgan fingerprint density at radius 3 is 2.44 bits per heavy atom. The van der Waals surface area contributed by atoms with Gasteiger partial charge in [-0.25, -0.2) is 8.42 Å². The van der Waals surface area contributed by atoms with Gasteiger partial charge in [0.15, 0.2) is 0 Å². The lowest BCUT2D eigenvalue weighted by molar-refractivity contribution is -0.108. The fourth-order valence-corrected chi connectivity index (χ4v) is 5.41. The molecule has 0 bridgehead atoms. The molecule has 2 aromatic carbocycles. The molecule has 1 heterocycles. The average Bonchev–Trinajstić information content (AvgIpc) is 3.13. The van der Waals surface area contributed by atoms with E-state index in [9.17, 15) is 13.2 Å². The van der Waals surface area contributed by atoms with Crippen LogP contribution in [0.25, 0.3) is 0 Å². The van der Waals surface area contributed by atoms with Crippen LogP contribution in [0.15, 0.2) is 71.1 Å². The summed E-state index contributed by atoms with van der Waals surface area (Å²) in [7, 11) is -3.78. The lowest BCUT2D eigenvalue weighted by atomic mass is 10.0. The molecule has 7 heteroatoms. The van der Waals surface area contributed by atoms with E-state index in [4.69, 9.17) is 11.6 Å². The quantitative estimate of drug-likeness (QED) is 0.679. The van der Waals surface area contributed by atoms with E-state index in [0.29, 0.717) is 16.3 Å². The summed E-state index contributed by atoms with van der Waals surface area (Å²) in [5.74, 6) is 0.710. The molecule has 0 amide bonds. The highest BCUT2D eigenvalue weighted by atomic mass is 35.5. The molecule has 0 saturated carbocycles. The van der Waals surface area contributed by atoms with Gasteiger partial charge >= 0.3 is 0 Å². The van der Waals surface area contributed by atoms with Crippen molar-refractivity contribution >= 4 is 38.5 Å². The molecule has 0 N–H and O–H groups in total. The third-order valence-corrected chi connectivity index (χ3v) is 7.49. The highest BCUT2D eigenvalue weighted by molar-refractivity contribution is 8.14.